The van der Waals surface area contributed by atoms with Crippen LogP contribution >= 0.6 is 11.3 Å². The average molecular weight is 318 g/mol. The molecule has 2 aromatic rings. The minimum Gasteiger partial charge on any atom is -0.378 e. The van der Waals surface area contributed by atoms with Gasteiger partial charge in [0.05, 0.1) is 12.3 Å². The van der Waals surface area contributed by atoms with Crippen LogP contribution in [-0.2, 0) is 26.5 Å². The summed E-state index contributed by atoms with van der Waals surface area (Å²) in [7, 11) is 1.62. The molecule has 1 amide bonds. The first kappa shape index (κ1) is 15.1. The minimum absolute atomic E-state index is 0.158. The highest BCUT2D eigenvalue weighted by Crippen LogP contribution is 2.37. The molecule has 6 heteroatoms. The van der Waals surface area contributed by atoms with Crippen molar-refractivity contribution in [3.63, 3.8) is 0 Å². The summed E-state index contributed by atoms with van der Waals surface area (Å²) in [5.74, 6) is -0.158. The Labute approximate surface area is 133 Å². The molecule has 1 atom stereocenters. The summed E-state index contributed by atoms with van der Waals surface area (Å²) in [6.45, 7) is 1.03. The number of aromatic nitrogens is 1. The van der Waals surface area contributed by atoms with Crippen LogP contribution in [0, 0.1) is 0 Å². The molecule has 1 fully saturated rings. The van der Waals surface area contributed by atoms with Crippen LogP contribution in [0.5, 0.6) is 0 Å². The van der Waals surface area contributed by atoms with Gasteiger partial charge in [-0.25, -0.2) is 4.98 Å². The predicted molar refractivity (Wildman–Crippen MR) is 84.8 cm³/mol. The maximum atomic E-state index is 12.8. The molecule has 0 spiro atoms. The highest BCUT2D eigenvalue weighted by molar-refractivity contribution is 7.13. The second-order valence-corrected chi connectivity index (χ2v) is 6.03. The van der Waals surface area contributed by atoms with E-state index in [9.17, 15) is 4.79 Å². The zero-order valence-electron chi connectivity index (χ0n) is 12.4. The van der Waals surface area contributed by atoms with Crippen molar-refractivity contribution in [1.29, 1.82) is 0 Å². The number of thiazole rings is 1. The molecular formula is C16H18N2O3S. The Kier molecular flexibility index (Phi) is 4.52. The predicted octanol–water partition coefficient (Wildman–Crippen LogP) is 2.93. The number of amides is 1. The third-order valence-corrected chi connectivity index (χ3v) is 4.50. The molecule has 1 aromatic heterocycles. The zero-order valence-corrected chi connectivity index (χ0v) is 13.2. The quantitative estimate of drug-likeness (QED) is 0.921. The van der Waals surface area contributed by atoms with Crippen molar-refractivity contribution in [3.05, 3.63) is 47.0 Å². The van der Waals surface area contributed by atoms with E-state index in [4.69, 9.17) is 9.47 Å². The lowest BCUT2D eigenvalue weighted by Gasteiger charge is -2.27. The zero-order chi connectivity index (χ0) is 15.4. The maximum absolute atomic E-state index is 12.8. The van der Waals surface area contributed by atoms with Gasteiger partial charge >= 0.3 is 0 Å². The van der Waals surface area contributed by atoms with Crippen molar-refractivity contribution >= 4 is 22.4 Å². The van der Waals surface area contributed by atoms with Crippen LogP contribution in [0.15, 0.2) is 35.7 Å². The molecule has 116 valence electrons. The van der Waals surface area contributed by atoms with Gasteiger partial charge in [0.2, 0.25) is 0 Å². The molecule has 5 nitrogen and oxygen atoms in total. The fraction of sp³-hybridized carbons (Fsp3) is 0.375. The van der Waals surface area contributed by atoms with E-state index < -0.39 is 5.60 Å². The first-order valence-corrected chi connectivity index (χ1v) is 8.07. The topological polar surface area (TPSA) is 60.5 Å². The van der Waals surface area contributed by atoms with Crippen LogP contribution in [0.4, 0.5) is 5.13 Å². The number of ether oxygens (including phenoxy) is 2. The van der Waals surface area contributed by atoms with Gasteiger partial charge in [-0.1, -0.05) is 30.3 Å². The summed E-state index contributed by atoms with van der Waals surface area (Å²) in [4.78, 5) is 17.1. The summed E-state index contributed by atoms with van der Waals surface area (Å²) < 4.78 is 10.9. The standard InChI is InChI=1S/C16H18N2O3S/c1-20-10-13-11-22-15(17-13)18-14(19)16(8-5-9-21-16)12-6-3-2-4-7-12/h2-4,6-7,11H,5,8-10H2,1H3,(H,17,18,19). The van der Waals surface area contributed by atoms with E-state index in [2.05, 4.69) is 10.3 Å². The Balaban J connectivity index is 1.81. The van der Waals surface area contributed by atoms with Crippen LogP contribution < -0.4 is 5.32 Å². The molecule has 22 heavy (non-hydrogen) atoms. The van der Waals surface area contributed by atoms with E-state index in [-0.39, 0.29) is 5.91 Å². The lowest BCUT2D eigenvalue weighted by molar-refractivity contribution is -0.136. The third kappa shape index (κ3) is 2.90. The van der Waals surface area contributed by atoms with Gasteiger partial charge in [-0.05, 0) is 18.4 Å². The molecule has 1 N–H and O–H groups in total. The van der Waals surface area contributed by atoms with E-state index in [0.717, 1.165) is 17.7 Å². The van der Waals surface area contributed by atoms with Crippen LogP contribution in [0.1, 0.15) is 24.1 Å². The van der Waals surface area contributed by atoms with E-state index in [1.807, 2.05) is 35.7 Å². The third-order valence-electron chi connectivity index (χ3n) is 3.69. The summed E-state index contributed by atoms with van der Waals surface area (Å²) in [5.41, 5.74) is 0.788. The summed E-state index contributed by atoms with van der Waals surface area (Å²) in [6.07, 6.45) is 1.55. The molecule has 1 saturated heterocycles. The molecule has 2 heterocycles. The van der Waals surface area contributed by atoms with Gasteiger partial charge in [-0.3, -0.25) is 10.1 Å². The number of hydrogen-bond donors (Lipinski definition) is 1. The van der Waals surface area contributed by atoms with Crippen molar-refractivity contribution < 1.29 is 14.3 Å². The number of carbonyl (C=O) groups is 1. The fourth-order valence-electron chi connectivity index (χ4n) is 2.66. The minimum atomic E-state index is -0.908. The van der Waals surface area contributed by atoms with Crippen molar-refractivity contribution in [2.24, 2.45) is 0 Å². The van der Waals surface area contributed by atoms with Crippen LogP contribution in [-0.4, -0.2) is 24.6 Å². The Morgan fingerprint density at radius 3 is 2.95 bits per heavy atom. The molecule has 0 saturated carbocycles. The van der Waals surface area contributed by atoms with Gasteiger partial charge in [0.15, 0.2) is 10.7 Å². The van der Waals surface area contributed by atoms with Gasteiger partial charge in [0.1, 0.15) is 0 Å². The Hall–Kier alpha value is -1.76. The molecule has 1 aliphatic heterocycles. The van der Waals surface area contributed by atoms with Crippen molar-refractivity contribution in [3.8, 4) is 0 Å². The van der Waals surface area contributed by atoms with Gasteiger partial charge in [0.25, 0.3) is 5.91 Å². The van der Waals surface area contributed by atoms with E-state index in [1.165, 1.54) is 11.3 Å². The lowest BCUT2D eigenvalue weighted by Crippen LogP contribution is -2.39. The first-order chi connectivity index (χ1) is 10.7. The molecule has 3 rings (SSSR count). The number of anilines is 1. The number of benzene rings is 1. The number of carbonyl (C=O) groups excluding carboxylic acids is 1. The number of rotatable bonds is 5. The lowest BCUT2D eigenvalue weighted by atomic mass is 9.90. The molecule has 0 bridgehead atoms. The monoisotopic (exact) mass is 318 g/mol. The van der Waals surface area contributed by atoms with Crippen LogP contribution in [0.2, 0.25) is 0 Å². The summed E-state index contributed by atoms with van der Waals surface area (Å²) in [5, 5.41) is 5.34. The molecule has 0 aliphatic carbocycles. The highest BCUT2D eigenvalue weighted by Gasteiger charge is 2.44. The maximum Gasteiger partial charge on any atom is 0.263 e. The fourth-order valence-corrected chi connectivity index (χ4v) is 3.35. The second kappa shape index (κ2) is 6.56. The molecule has 0 radical (unpaired) electrons. The van der Waals surface area contributed by atoms with Gasteiger partial charge < -0.3 is 9.47 Å². The number of methoxy groups -OCH3 is 1. The largest absolute Gasteiger partial charge is 0.378 e. The van der Waals surface area contributed by atoms with Crippen LogP contribution in [0.3, 0.4) is 0 Å². The SMILES string of the molecule is COCc1csc(NC(=O)C2(c3ccccc3)CCCO2)n1. The Morgan fingerprint density at radius 2 is 2.27 bits per heavy atom. The Morgan fingerprint density at radius 1 is 1.45 bits per heavy atom. The summed E-state index contributed by atoms with van der Waals surface area (Å²) >= 11 is 1.39. The van der Waals surface area contributed by atoms with E-state index >= 15 is 0 Å². The second-order valence-electron chi connectivity index (χ2n) is 5.18. The van der Waals surface area contributed by atoms with Crippen LogP contribution in [0.25, 0.3) is 0 Å². The summed E-state index contributed by atoms with van der Waals surface area (Å²) in [6, 6.07) is 9.65. The number of hydrogen-bond acceptors (Lipinski definition) is 5. The van der Waals surface area contributed by atoms with Crippen molar-refractivity contribution in [2.45, 2.75) is 25.0 Å². The smallest absolute Gasteiger partial charge is 0.263 e. The van der Waals surface area contributed by atoms with E-state index in [0.29, 0.717) is 24.8 Å². The average Bonchev–Trinajstić information content (AvgIpc) is 3.19. The molecule has 1 unspecified atom stereocenters. The molecule has 1 aliphatic rings. The Bertz CT molecular complexity index is 636. The highest BCUT2D eigenvalue weighted by atomic mass is 32.1. The van der Waals surface area contributed by atoms with Gasteiger partial charge in [0, 0.05) is 19.1 Å². The number of nitrogens with one attached hydrogen (secondary N) is 1. The molecule has 1 aromatic carbocycles. The first-order valence-electron chi connectivity index (χ1n) is 7.19. The van der Waals surface area contributed by atoms with Gasteiger partial charge in [-0.15, -0.1) is 11.3 Å². The van der Waals surface area contributed by atoms with Gasteiger partial charge in [-0.2, -0.15) is 0 Å². The van der Waals surface area contributed by atoms with Crippen molar-refractivity contribution in [1.82, 2.24) is 4.98 Å². The van der Waals surface area contributed by atoms with E-state index in [1.54, 1.807) is 7.11 Å². The normalized spacial score (nSPS) is 21.0. The van der Waals surface area contributed by atoms with Crippen molar-refractivity contribution in [2.75, 3.05) is 19.0 Å². The number of nitrogens with zero attached hydrogens (tertiary/aromatic N) is 1. The molecular weight excluding hydrogens is 300 g/mol.